The van der Waals surface area contributed by atoms with Gasteiger partial charge in [-0.05, 0) is 35.4 Å². The molecule has 0 atom stereocenters. The van der Waals surface area contributed by atoms with Crippen molar-refractivity contribution in [3.8, 4) is 11.5 Å². The van der Waals surface area contributed by atoms with Gasteiger partial charge in [0.25, 0.3) is 0 Å². The fourth-order valence-electron chi connectivity index (χ4n) is 3.38. The van der Waals surface area contributed by atoms with Gasteiger partial charge in [-0.3, -0.25) is 10.1 Å². The van der Waals surface area contributed by atoms with E-state index in [1.54, 1.807) is 0 Å². The summed E-state index contributed by atoms with van der Waals surface area (Å²) in [6.45, 7) is 0.179. The maximum atomic E-state index is 12.6. The van der Waals surface area contributed by atoms with Crippen LogP contribution in [0.1, 0.15) is 17.2 Å². The maximum Gasteiger partial charge on any atom is 0.238 e. The molecule has 31 heavy (non-hydrogen) atoms. The summed E-state index contributed by atoms with van der Waals surface area (Å²) < 4.78 is 5.85. The quantitative estimate of drug-likeness (QED) is 0.388. The van der Waals surface area contributed by atoms with Crippen LogP contribution in [0.4, 0.5) is 5.69 Å². The van der Waals surface area contributed by atoms with Crippen LogP contribution < -0.4 is 15.4 Å². The van der Waals surface area contributed by atoms with E-state index in [4.69, 9.17) is 4.74 Å². The molecule has 154 valence electrons. The van der Waals surface area contributed by atoms with Crippen molar-refractivity contribution in [3.05, 3.63) is 126 Å². The number of carbonyl (C=O) groups excluding carboxylic acids is 1. The number of benzene rings is 4. The van der Waals surface area contributed by atoms with E-state index >= 15 is 0 Å². The molecule has 0 saturated carbocycles. The van der Waals surface area contributed by atoms with Crippen molar-refractivity contribution in [1.29, 1.82) is 0 Å². The number of anilines is 1. The second kappa shape index (κ2) is 10.2. The number of carbonyl (C=O) groups is 1. The molecule has 0 unspecified atom stereocenters. The van der Waals surface area contributed by atoms with Crippen molar-refractivity contribution in [3.63, 3.8) is 0 Å². The number of hydrogen-bond donors (Lipinski definition) is 2. The van der Waals surface area contributed by atoms with Crippen LogP contribution in [0.5, 0.6) is 11.5 Å². The lowest BCUT2D eigenvalue weighted by Crippen LogP contribution is -2.31. The van der Waals surface area contributed by atoms with E-state index in [1.165, 1.54) is 0 Å². The topological polar surface area (TPSA) is 50.4 Å². The van der Waals surface area contributed by atoms with Crippen LogP contribution in [0.2, 0.25) is 0 Å². The van der Waals surface area contributed by atoms with Crippen molar-refractivity contribution in [2.45, 2.75) is 6.04 Å². The van der Waals surface area contributed by atoms with Crippen LogP contribution in [0.25, 0.3) is 0 Å². The van der Waals surface area contributed by atoms with Gasteiger partial charge in [0.1, 0.15) is 11.5 Å². The first kappa shape index (κ1) is 20.4. The van der Waals surface area contributed by atoms with Gasteiger partial charge in [-0.25, -0.2) is 0 Å². The number of amides is 1. The van der Waals surface area contributed by atoms with Gasteiger partial charge in [-0.1, -0.05) is 84.9 Å². The van der Waals surface area contributed by atoms with Crippen LogP contribution in [-0.2, 0) is 4.79 Å². The number of rotatable bonds is 8. The number of ether oxygens (including phenoxy) is 1. The highest BCUT2D eigenvalue weighted by Gasteiger charge is 2.15. The Kier molecular flexibility index (Phi) is 6.73. The summed E-state index contributed by atoms with van der Waals surface area (Å²) in [5.74, 6) is 1.30. The lowest BCUT2D eigenvalue weighted by Gasteiger charge is -2.20. The van der Waals surface area contributed by atoms with Gasteiger partial charge in [0, 0.05) is 11.8 Å². The fourth-order valence-corrected chi connectivity index (χ4v) is 3.38. The first-order chi connectivity index (χ1) is 15.3. The monoisotopic (exact) mass is 408 g/mol. The zero-order valence-electron chi connectivity index (χ0n) is 17.1. The molecular weight excluding hydrogens is 384 g/mol. The van der Waals surface area contributed by atoms with E-state index < -0.39 is 0 Å². The number of para-hydroxylation sites is 1. The molecule has 4 aromatic carbocycles. The summed E-state index contributed by atoms with van der Waals surface area (Å²) in [6, 6.07) is 37.1. The molecule has 0 aliphatic heterocycles. The first-order valence-electron chi connectivity index (χ1n) is 10.2. The average Bonchev–Trinajstić information content (AvgIpc) is 2.81. The highest BCUT2D eigenvalue weighted by Crippen LogP contribution is 2.24. The van der Waals surface area contributed by atoms with Crippen LogP contribution in [0.15, 0.2) is 115 Å². The molecule has 2 N–H and O–H groups in total. The summed E-state index contributed by atoms with van der Waals surface area (Å²) in [5.41, 5.74) is 2.91. The Labute approximate surface area is 182 Å². The Hall–Kier alpha value is -3.89. The van der Waals surface area contributed by atoms with Crippen molar-refractivity contribution < 1.29 is 9.53 Å². The molecule has 4 heteroatoms. The van der Waals surface area contributed by atoms with E-state index in [1.807, 2.05) is 91.0 Å². The third-order valence-electron chi connectivity index (χ3n) is 4.83. The SMILES string of the molecule is O=C(CNC(c1ccccc1)c1ccccc1)Nc1cccc(Oc2ccccc2)c1. The fraction of sp³-hybridized carbons (Fsp3) is 0.0741. The smallest absolute Gasteiger partial charge is 0.238 e. The largest absolute Gasteiger partial charge is 0.457 e. The molecule has 0 aromatic heterocycles. The van der Waals surface area contributed by atoms with Crippen LogP contribution in [0, 0.1) is 0 Å². The molecule has 4 nitrogen and oxygen atoms in total. The second-order valence-electron chi connectivity index (χ2n) is 7.13. The van der Waals surface area contributed by atoms with E-state index in [9.17, 15) is 4.79 Å². The van der Waals surface area contributed by atoms with Gasteiger partial charge in [-0.2, -0.15) is 0 Å². The Morgan fingerprint density at radius 2 is 1.23 bits per heavy atom. The van der Waals surface area contributed by atoms with Gasteiger partial charge in [-0.15, -0.1) is 0 Å². The third-order valence-corrected chi connectivity index (χ3v) is 4.83. The zero-order chi connectivity index (χ0) is 21.3. The molecule has 4 rings (SSSR count). The van der Waals surface area contributed by atoms with Gasteiger partial charge in [0.15, 0.2) is 0 Å². The van der Waals surface area contributed by atoms with Gasteiger partial charge >= 0.3 is 0 Å². The minimum atomic E-state index is -0.117. The minimum Gasteiger partial charge on any atom is -0.457 e. The van der Waals surface area contributed by atoms with Crippen molar-refractivity contribution in [1.82, 2.24) is 5.32 Å². The van der Waals surface area contributed by atoms with Gasteiger partial charge in [0.2, 0.25) is 5.91 Å². The van der Waals surface area contributed by atoms with E-state index in [0.717, 1.165) is 16.9 Å². The van der Waals surface area contributed by atoms with Gasteiger partial charge < -0.3 is 10.1 Å². The van der Waals surface area contributed by atoms with E-state index in [2.05, 4.69) is 34.9 Å². The molecule has 0 bridgehead atoms. The predicted octanol–water partition coefficient (Wildman–Crippen LogP) is 5.80. The molecular formula is C27H24N2O2. The van der Waals surface area contributed by atoms with Crippen molar-refractivity contribution in [2.24, 2.45) is 0 Å². The molecule has 0 aliphatic carbocycles. The predicted molar refractivity (Wildman–Crippen MR) is 124 cm³/mol. The van der Waals surface area contributed by atoms with Crippen molar-refractivity contribution >= 4 is 11.6 Å². The summed E-state index contributed by atoms with van der Waals surface area (Å²) in [6.07, 6.45) is 0. The highest BCUT2D eigenvalue weighted by atomic mass is 16.5. The highest BCUT2D eigenvalue weighted by molar-refractivity contribution is 5.92. The minimum absolute atomic E-state index is 0.0686. The lowest BCUT2D eigenvalue weighted by molar-refractivity contribution is -0.115. The van der Waals surface area contributed by atoms with Crippen LogP contribution in [0.3, 0.4) is 0 Å². The molecule has 1 amide bonds. The number of nitrogens with one attached hydrogen (secondary N) is 2. The van der Waals surface area contributed by atoms with Crippen LogP contribution >= 0.6 is 0 Å². The molecule has 0 heterocycles. The maximum absolute atomic E-state index is 12.6. The molecule has 0 aliphatic rings. The average molecular weight is 409 g/mol. The zero-order valence-corrected chi connectivity index (χ0v) is 17.1. The molecule has 0 saturated heterocycles. The van der Waals surface area contributed by atoms with Crippen LogP contribution in [-0.4, -0.2) is 12.5 Å². The Balaban J connectivity index is 1.40. The Bertz CT molecular complexity index is 1060. The first-order valence-corrected chi connectivity index (χ1v) is 10.2. The normalized spacial score (nSPS) is 10.6. The van der Waals surface area contributed by atoms with Gasteiger partial charge in [0.05, 0.1) is 12.6 Å². The van der Waals surface area contributed by atoms with E-state index in [-0.39, 0.29) is 18.5 Å². The lowest BCUT2D eigenvalue weighted by atomic mass is 9.99. The summed E-state index contributed by atoms with van der Waals surface area (Å²) in [7, 11) is 0. The Morgan fingerprint density at radius 1 is 0.677 bits per heavy atom. The molecule has 0 spiro atoms. The summed E-state index contributed by atoms with van der Waals surface area (Å²) in [5, 5.41) is 6.33. The molecule has 0 fully saturated rings. The second-order valence-corrected chi connectivity index (χ2v) is 7.13. The van der Waals surface area contributed by atoms with Crippen molar-refractivity contribution in [2.75, 3.05) is 11.9 Å². The summed E-state index contributed by atoms with van der Waals surface area (Å²) >= 11 is 0. The molecule has 0 radical (unpaired) electrons. The molecule has 4 aromatic rings. The number of hydrogen-bond acceptors (Lipinski definition) is 3. The standard InChI is InChI=1S/C27H24N2O2/c30-26(29-23-15-10-18-25(19-23)31-24-16-8-3-9-17-24)20-28-27(21-11-4-1-5-12-21)22-13-6-2-7-14-22/h1-19,27-28H,20H2,(H,29,30). The summed E-state index contributed by atoms with van der Waals surface area (Å²) in [4.78, 5) is 12.6. The van der Waals surface area contributed by atoms with E-state index in [0.29, 0.717) is 11.4 Å². The Morgan fingerprint density at radius 3 is 1.84 bits per heavy atom. The third kappa shape index (κ3) is 5.81.